The van der Waals surface area contributed by atoms with Crippen LogP contribution in [0.1, 0.15) is 104 Å². The molecule has 0 fully saturated rings. The van der Waals surface area contributed by atoms with E-state index in [0.717, 1.165) is 32.1 Å². The topological polar surface area (TPSA) is 35.5 Å². The molecule has 0 bridgehead atoms. The Morgan fingerprint density at radius 3 is 1.86 bits per heavy atom. The van der Waals surface area contributed by atoms with Gasteiger partial charge in [0.2, 0.25) is 6.29 Å². The van der Waals surface area contributed by atoms with Crippen LogP contribution in [-0.2, 0) is 14.3 Å². The third-order valence-electron chi connectivity index (χ3n) is 3.88. The van der Waals surface area contributed by atoms with Crippen LogP contribution in [0.3, 0.4) is 0 Å². The van der Waals surface area contributed by atoms with Crippen molar-refractivity contribution in [2.45, 2.75) is 111 Å². The summed E-state index contributed by atoms with van der Waals surface area (Å²) in [4.78, 5) is 11.7. The monoisotopic (exact) mass is 314 g/mol. The molecule has 0 radical (unpaired) electrons. The van der Waals surface area contributed by atoms with E-state index in [1.165, 1.54) is 44.9 Å². The van der Waals surface area contributed by atoms with Crippen molar-refractivity contribution in [2.75, 3.05) is 6.61 Å². The van der Waals surface area contributed by atoms with Gasteiger partial charge in [0, 0.05) is 12.8 Å². The third-order valence-corrected chi connectivity index (χ3v) is 3.88. The number of esters is 1. The molecule has 0 rings (SSSR count). The predicted octanol–water partition coefficient (Wildman–Crippen LogP) is 6.00. The van der Waals surface area contributed by atoms with Crippen molar-refractivity contribution < 1.29 is 14.3 Å². The standard InChI is InChI=1S/C19H38O3/c1-4-7-9-10-11-12-13-14-15-16-18(20)22-19(6-3)21-17-8-5-2/h19H,4-17H2,1-3H3. The second-order valence-corrected chi connectivity index (χ2v) is 6.13. The van der Waals surface area contributed by atoms with Crippen molar-refractivity contribution in [1.82, 2.24) is 0 Å². The summed E-state index contributed by atoms with van der Waals surface area (Å²) in [6, 6.07) is 0. The van der Waals surface area contributed by atoms with E-state index in [1.54, 1.807) is 0 Å². The van der Waals surface area contributed by atoms with E-state index in [2.05, 4.69) is 13.8 Å². The summed E-state index contributed by atoms with van der Waals surface area (Å²) in [5.41, 5.74) is 0. The molecule has 0 aromatic rings. The van der Waals surface area contributed by atoms with E-state index in [-0.39, 0.29) is 12.3 Å². The maximum absolute atomic E-state index is 11.7. The molecule has 0 saturated carbocycles. The fourth-order valence-corrected chi connectivity index (χ4v) is 2.38. The van der Waals surface area contributed by atoms with Crippen molar-refractivity contribution in [3.8, 4) is 0 Å². The van der Waals surface area contributed by atoms with Gasteiger partial charge < -0.3 is 9.47 Å². The van der Waals surface area contributed by atoms with E-state index in [0.29, 0.717) is 13.0 Å². The molecule has 132 valence electrons. The van der Waals surface area contributed by atoms with Gasteiger partial charge >= 0.3 is 5.97 Å². The van der Waals surface area contributed by atoms with E-state index in [9.17, 15) is 4.79 Å². The SMILES string of the molecule is CCCCCCCCCCCC(=O)OC(CC)OCCCC. The number of hydrogen-bond acceptors (Lipinski definition) is 3. The summed E-state index contributed by atoms with van der Waals surface area (Å²) in [5, 5.41) is 0. The Morgan fingerprint density at radius 2 is 1.32 bits per heavy atom. The van der Waals surface area contributed by atoms with Crippen LogP contribution in [0.5, 0.6) is 0 Å². The smallest absolute Gasteiger partial charge is 0.308 e. The van der Waals surface area contributed by atoms with Crippen LogP contribution in [0.15, 0.2) is 0 Å². The van der Waals surface area contributed by atoms with Crippen molar-refractivity contribution in [1.29, 1.82) is 0 Å². The van der Waals surface area contributed by atoms with Gasteiger partial charge in [-0.2, -0.15) is 0 Å². The highest BCUT2D eigenvalue weighted by Crippen LogP contribution is 2.11. The molecule has 0 aliphatic carbocycles. The summed E-state index contributed by atoms with van der Waals surface area (Å²) in [6.45, 7) is 7.04. The van der Waals surface area contributed by atoms with Gasteiger partial charge in [0.05, 0.1) is 6.61 Å². The molecule has 1 atom stereocenters. The second kappa shape index (κ2) is 16.8. The summed E-state index contributed by atoms with van der Waals surface area (Å²) in [6.07, 6.45) is 14.4. The van der Waals surface area contributed by atoms with Crippen LogP contribution >= 0.6 is 0 Å². The lowest BCUT2D eigenvalue weighted by molar-refractivity contribution is -0.179. The molecule has 0 aromatic carbocycles. The Labute approximate surface area is 138 Å². The molecule has 0 spiro atoms. The lowest BCUT2D eigenvalue weighted by Crippen LogP contribution is -2.21. The molecule has 0 N–H and O–H groups in total. The summed E-state index contributed by atoms with van der Waals surface area (Å²) in [5.74, 6) is -0.105. The molecular formula is C19H38O3. The molecule has 0 aromatic heterocycles. The average Bonchev–Trinajstić information content (AvgIpc) is 2.52. The molecule has 1 unspecified atom stereocenters. The van der Waals surface area contributed by atoms with Crippen LogP contribution in [0.2, 0.25) is 0 Å². The first kappa shape index (κ1) is 21.4. The normalized spacial score (nSPS) is 12.3. The Hall–Kier alpha value is -0.570. The van der Waals surface area contributed by atoms with Crippen molar-refractivity contribution in [3.05, 3.63) is 0 Å². The maximum Gasteiger partial charge on any atom is 0.308 e. The Bertz CT molecular complexity index is 241. The quantitative estimate of drug-likeness (QED) is 0.199. The largest absolute Gasteiger partial charge is 0.436 e. The number of hydrogen-bond donors (Lipinski definition) is 0. The van der Waals surface area contributed by atoms with E-state index < -0.39 is 0 Å². The highest BCUT2D eigenvalue weighted by Gasteiger charge is 2.12. The fourth-order valence-electron chi connectivity index (χ4n) is 2.38. The van der Waals surface area contributed by atoms with E-state index in [4.69, 9.17) is 9.47 Å². The first-order valence-electron chi connectivity index (χ1n) is 9.55. The molecule has 0 heterocycles. The zero-order valence-corrected chi connectivity index (χ0v) is 15.2. The predicted molar refractivity (Wildman–Crippen MR) is 92.9 cm³/mol. The molecule has 0 aliphatic heterocycles. The summed E-state index contributed by atoms with van der Waals surface area (Å²) < 4.78 is 10.9. The van der Waals surface area contributed by atoms with Crippen molar-refractivity contribution >= 4 is 5.97 Å². The number of unbranched alkanes of at least 4 members (excludes halogenated alkanes) is 9. The molecule has 3 nitrogen and oxygen atoms in total. The van der Waals surface area contributed by atoms with Crippen LogP contribution in [-0.4, -0.2) is 18.9 Å². The lowest BCUT2D eigenvalue weighted by Gasteiger charge is -2.16. The molecule has 3 heteroatoms. The van der Waals surface area contributed by atoms with Crippen LogP contribution in [0.25, 0.3) is 0 Å². The van der Waals surface area contributed by atoms with E-state index >= 15 is 0 Å². The molecular weight excluding hydrogens is 276 g/mol. The van der Waals surface area contributed by atoms with Gasteiger partial charge in [-0.1, -0.05) is 78.6 Å². The number of rotatable bonds is 16. The first-order chi connectivity index (χ1) is 10.7. The molecule has 0 saturated heterocycles. The number of carbonyl (C=O) groups is 1. The van der Waals surface area contributed by atoms with Gasteiger partial charge in [-0.05, 0) is 12.8 Å². The molecule has 0 aliphatic rings. The fraction of sp³-hybridized carbons (Fsp3) is 0.947. The highest BCUT2D eigenvalue weighted by atomic mass is 16.7. The molecule has 0 amide bonds. The van der Waals surface area contributed by atoms with Crippen LogP contribution in [0.4, 0.5) is 0 Å². The summed E-state index contributed by atoms with van der Waals surface area (Å²) in [7, 11) is 0. The first-order valence-corrected chi connectivity index (χ1v) is 9.55. The molecule has 22 heavy (non-hydrogen) atoms. The van der Waals surface area contributed by atoms with Crippen molar-refractivity contribution in [2.24, 2.45) is 0 Å². The third kappa shape index (κ3) is 14.4. The Morgan fingerprint density at radius 1 is 0.773 bits per heavy atom. The minimum Gasteiger partial charge on any atom is -0.436 e. The van der Waals surface area contributed by atoms with Gasteiger partial charge in [-0.15, -0.1) is 0 Å². The Kier molecular flexibility index (Phi) is 16.4. The van der Waals surface area contributed by atoms with Crippen molar-refractivity contribution in [3.63, 3.8) is 0 Å². The average molecular weight is 315 g/mol. The van der Waals surface area contributed by atoms with Gasteiger partial charge in [0.25, 0.3) is 0 Å². The van der Waals surface area contributed by atoms with Gasteiger partial charge in [-0.3, -0.25) is 4.79 Å². The second-order valence-electron chi connectivity index (χ2n) is 6.13. The maximum atomic E-state index is 11.7. The lowest BCUT2D eigenvalue weighted by atomic mass is 10.1. The van der Waals surface area contributed by atoms with Gasteiger partial charge in [0.15, 0.2) is 0 Å². The summed E-state index contributed by atoms with van der Waals surface area (Å²) >= 11 is 0. The zero-order chi connectivity index (χ0) is 16.5. The van der Waals surface area contributed by atoms with Crippen LogP contribution in [0, 0.1) is 0 Å². The van der Waals surface area contributed by atoms with Crippen LogP contribution < -0.4 is 0 Å². The highest BCUT2D eigenvalue weighted by molar-refractivity contribution is 5.69. The minimum atomic E-state index is -0.349. The Balaban J connectivity index is 3.43. The number of carbonyl (C=O) groups excluding carboxylic acids is 1. The van der Waals surface area contributed by atoms with Gasteiger partial charge in [-0.25, -0.2) is 0 Å². The van der Waals surface area contributed by atoms with Gasteiger partial charge in [0.1, 0.15) is 0 Å². The van der Waals surface area contributed by atoms with E-state index in [1.807, 2.05) is 6.92 Å². The number of ether oxygens (including phenoxy) is 2. The zero-order valence-electron chi connectivity index (χ0n) is 15.2. The minimum absolute atomic E-state index is 0.105.